The quantitative estimate of drug-likeness (QED) is 0.782. The number of hydrogen-bond donors (Lipinski definition) is 1. The SMILES string of the molecule is CCc1ccc([C@H](N)C(=O)OC)o1.Cl. The van der Waals surface area contributed by atoms with Crippen molar-refractivity contribution in [3.8, 4) is 0 Å². The van der Waals surface area contributed by atoms with Crippen LogP contribution in [-0.4, -0.2) is 13.1 Å². The summed E-state index contributed by atoms with van der Waals surface area (Å²) in [5.41, 5.74) is 5.55. The summed E-state index contributed by atoms with van der Waals surface area (Å²) in [4.78, 5) is 11.0. The van der Waals surface area contributed by atoms with E-state index in [1.165, 1.54) is 7.11 Å². The monoisotopic (exact) mass is 219 g/mol. The first-order valence-electron chi connectivity index (χ1n) is 4.11. The van der Waals surface area contributed by atoms with Gasteiger partial charge in [0.05, 0.1) is 7.11 Å². The number of aryl methyl sites for hydroxylation is 1. The number of furan rings is 1. The number of carbonyl (C=O) groups excluding carboxylic acids is 1. The zero-order valence-corrected chi connectivity index (χ0v) is 8.97. The Morgan fingerprint density at radius 1 is 1.64 bits per heavy atom. The molecule has 1 aromatic rings. The van der Waals surface area contributed by atoms with Crippen LogP contribution in [0.1, 0.15) is 24.5 Å². The van der Waals surface area contributed by atoms with Crippen LogP contribution in [0.5, 0.6) is 0 Å². The Bertz CT molecular complexity index is 298. The van der Waals surface area contributed by atoms with E-state index in [-0.39, 0.29) is 12.4 Å². The van der Waals surface area contributed by atoms with Crippen LogP contribution in [0.25, 0.3) is 0 Å². The van der Waals surface area contributed by atoms with Gasteiger partial charge in [0.1, 0.15) is 11.5 Å². The third kappa shape index (κ3) is 2.75. The molecule has 0 spiro atoms. The molecule has 2 N–H and O–H groups in total. The minimum Gasteiger partial charge on any atom is -0.468 e. The number of hydrogen-bond acceptors (Lipinski definition) is 4. The molecule has 14 heavy (non-hydrogen) atoms. The molecule has 1 atom stereocenters. The van der Waals surface area contributed by atoms with Crippen LogP contribution in [-0.2, 0) is 16.0 Å². The van der Waals surface area contributed by atoms with Gasteiger partial charge < -0.3 is 14.9 Å². The van der Waals surface area contributed by atoms with Gasteiger partial charge >= 0.3 is 5.97 Å². The lowest BCUT2D eigenvalue weighted by Gasteiger charge is -2.04. The smallest absolute Gasteiger partial charge is 0.330 e. The molecular weight excluding hydrogens is 206 g/mol. The van der Waals surface area contributed by atoms with Crippen LogP contribution in [0.15, 0.2) is 16.5 Å². The highest BCUT2D eigenvalue weighted by Gasteiger charge is 2.19. The standard InChI is InChI=1S/C9H13NO3.ClH/c1-3-6-4-5-7(13-6)8(10)9(11)12-2;/h4-5,8H,3,10H2,1-2H3;1H/t8-;/m0./s1. The molecule has 0 saturated carbocycles. The number of rotatable bonds is 3. The maximum atomic E-state index is 11.0. The van der Waals surface area contributed by atoms with Crippen molar-refractivity contribution >= 4 is 18.4 Å². The van der Waals surface area contributed by atoms with Crippen LogP contribution in [0.2, 0.25) is 0 Å². The molecule has 1 heterocycles. The summed E-state index contributed by atoms with van der Waals surface area (Å²) in [5.74, 6) is 0.773. The van der Waals surface area contributed by atoms with Gasteiger partial charge in [-0.1, -0.05) is 6.92 Å². The van der Waals surface area contributed by atoms with E-state index < -0.39 is 12.0 Å². The van der Waals surface area contributed by atoms with Gasteiger partial charge in [-0.25, -0.2) is 4.79 Å². The lowest BCUT2D eigenvalue weighted by atomic mass is 10.2. The Balaban J connectivity index is 0.00000169. The minimum absolute atomic E-state index is 0. The summed E-state index contributed by atoms with van der Waals surface area (Å²) in [6.45, 7) is 1.96. The van der Waals surface area contributed by atoms with E-state index in [1.54, 1.807) is 12.1 Å². The largest absolute Gasteiger partial charge is 0.468 e. The van der Waals surface area contributed by atoms with E-state index in [2.05, 4.69) is 4.74 Å². The summed E-state index contributed by atoms with van der Waals surface area (Å²) in [7, 11) is 1.30. The Morgan fingerprint density at radius 2 is 2.29 bits per heavy atom. The fourth-order valence-corrected chi connectivity index (χ4v) is 0.995. The predicted octanol–water partition coefficient (Wildman–Crippen LogP) is 1.44. The number of nitrogens with two attached hydrogens (primary N) is 1. The third-order valence-electron chi connectivity index (χ3n) is 1.79. The molecule has 0 aliphatic rings. The molecule has 0 fully saturated rings. The highest BCUT2D eigenvalue weighted by Crippen LogP contribution is 2.15. The Kier molecular flexibility index (Phi) is 5.27. The van der Waals surface area contributed by atoms with Crippen LogP contribution in [0.4, 0.5) is 0 Å². The van der Waals surface area contributed by atoms with Crippen molar-refractivity contribution in [1.29, 1.82) is 0 Å². The van der Waals surface area contributed by atoms with Gasteiger partial charge in [0, 0.05) is 6.42 Å². The lowest BCUT2D eigenvalue weighted by Crippen LogP contribution is -2.21. The number of esters is 1. The van der Waals surface area contributed by atoms with Crippen molar-refractivity contribution < 1.29 is 13.9 Å². The molecule has 0 aromatic carbocycles. The minimum atomic E-state index is -0.815. The topological polar surface area (TPSA) is 65.5 Å². The maximum Gasteiger partial charge on any atom is 0.330 e. The van der Waals surface area contributed by atoms with Crippen molar-refractivity contribution in [3.63, 3.8) is 0 Å². The molecule has 4 nitrogen and oxygen atoms in total. The molecular formula is C9H14ClNO3. The van der Waals surface area contributed by atoms with Gasteiger partial charge in [-0.2, -0.15) is 0 Å². The summed E-state index contributed by atoms with van der Waals surface area (Å²) in [6.07, 6.45) is 0.786. The number of carbonyl (C=O) groups is 1. The van der Waals surface area contributed by atoms with Crippen molar-refractivity contribution in [3.05, 3.63) is 23.7 Å². The molecule has 0 aliphatic carbocycles. The molecule has 1 rings (SSSR count). The molecule has 0 amide bonds. The van der Waals surface area contributed by atoms with Crippen LogP contribution in [0, 0.1) is 0 Å². The summed E-state index contributed by atoms with van der Waals surface area (Å²) in [6, 6.07) is 2.68. The lowest BCUT2D eigenvalue weighted by molar-refractivity contribution is -0.142. The average Bonchev–Trinajstić information content (AvgIpc) is 2.63. The zero-order valence-electron chi connectivity index (χ0n) is 8.15. The van der Waals surface area contributed by atoms with E-state index in [0.717, 1.165) is 12.2 Å². The molecule has 80 valence electrons. The van der Waals surface area contributed by atoms with Gasteiger partial charge in [-0.15, -0.1) is 12.4 Å². The van der Waals surface area contributed by atoms with E-state index in [0.29, 0.717) is 5.76 Å². The summed E-state index contributed by atoms with van der Waals surface area (Å²) >= 11 is 0. The first-order valence-corrected chi connectivity index (χ1v) is 4.11. The average molecular weight is 220 g/mol. The maximum absolute atomic E-state index is 11.0. The highest BCUT2D eigenvalue weighted by molar-refractivity contribution is 5.85. The van der Waals surface area contributed by atoms with E-state index in [4.69, 9.17) is 10.2 Å². The van der Waals surface area contributed by atoms with Crippen molar-refractivity contribution in [1.82, 2.24) is 0 Å². The Hall–Kier alpha value is -1.00. The molecule has 1 aromatic heterocycles. The second-order valence-corrected chi connectivity index (χ2v) is 2.66. The molecule has 0 bridgehead atoms. The molecule has 0 saturated heterocycles. The normalized spacial score (nSPS) is 11.6. The fraction of sp³-hybridized carbons (Fsp3) is 0.444. The van der Waals surface area contributed by atoms with Gasteiger partial charge in [0.2, 0.25) is 0 Å². The van der Waals surface area contributed by atoms with E-state index in [1.807, 2.05) is 6.92 Å². The Morgan fingerprint density at radius 3 is 2.71 bits per heavy atom. The first kappa shape index (κ1) is 13.0. The second kappa shape index (κ2) is 5.67. The van der Waals surface area contributed by atoms with Crippen LogP contribution < -0.4 is 5.73 Å². The Labute approximate surface area is 88.8 Å². The first-order chi connectivity index (χ1) is 6.19. The van der Waals surface area contributed by atoms with E-state index in [9.17, 15) is 4.79 Å². The highest BCUT2D eigenvalue weighted by atomic mass is 35.5. The summed E-state index contributed by atoms with van der Waals surface area (Å²) in [5, 5.41) is 0. The van der Waals surface area contributed by atoms with Gasteiger partial charge in [-0.05, 0) is 12.1 Å². The number of ether oxygens (including phenoxy) is 1. The van der Waals surface area contributed by atoms with Gasteiger partial charge in [0.15, 0.2) is 6.04 Å². The van der Waals surface area contributed by atoms with Gasteiger partial charge in [0.25, 0.3) is 0 Å². The molecule has 0 unspecified atom stereocenters. The fourth-order valence-electron chi connectivity index (χ4n) is 0.995. The number of halogens is 1. The van der Waals surface area contributed by atoms with Crippen LogP contribution in [0.3, 0.4) is 0 Å². The second-order valence-electron chi connectivity index (χ2n) is 2.66. The third-order valence-corrected chi connectivity index (χ3v) is 1.79. The summed E-state index contributed by atoms with van der Waals surface area (Å²) < 4.78 is 9.78. The van der Waals surface area contributed by atoms with E-state index >= 15 is 0 Å². The van der Waals surface area contributed by atoms with Crippen LogP contribution >= 0.6 is 12.4 Å². The number of methoxy groups -OCH3 is 1. The van der Waals surface area contributed by atoms with Crippen molar-refractivity contribution in [2.75, 3.05) is 7.11 Å². The molecule has 0 aliphatic heterocycles. The predicted molar refractivity (Wildman–Crippen MR) is 54.3 cm³/mol. The molecule has 5 heteroatoms. The molecule has 0 radical (unpaired) electrons. The van der Waals surface area contributed by atoms with Gasteiger partial charge in [-0.3, -0.25) is 0 Å². The van der Waals surface area contributed by atoms with Crippen molar-refractivity contribution in [2.24, 2.45) is 5.73 Å². The zero-order chi connectivity index (χ0) is 9.84. The van der Waals surface area contributed by atoms with Crippen molar-refractivity contribution in [2.45, 2.75) is 19.4 Å².